The van der Waals surface area contributed by atoms with Crippen LogP contribution in [0.15, 0.2) is 30.3 Å². The lowest BCUT2D eigenvalue weighted by Crippen LogP contribution is -2.38. The summed E-state index contributed by atoms with van der Waals surface area (Å²) < 4.78 is 34.2. The van der Waals surface area contributed by atoms with E-state index < -0.39 is 10.0 Å². The van der Waals surface area contributed by atoms with Crippen LogP contribution in [0.2, 0.25) is 0 Å². The van der Waals surface area contributed by atoms with Gasteiger partial charge in [0.05, 0.1) is 18.0 Å². The van der Waals surface area contributed by atoms with Crippen LogP contribution in [0, 0.1) is 5.92 Å². The molecule has 0 bridgehead atoms. The predicted octanol–water partition coefficient (Wildman–Crippen LogP) is 4.10. The van der Waals surface area contributed by atoms with Crippen LogP contribution < -0.4 is 10.0 Å². The second-order valence-corrected chi connectivity index (χ2v) is 9.91. The lowest BCUT2D eigenvalue weighted by molar-refractivity contribution is 0.0456. The summed E-state index contributed by atoms with van der Waals surface area (Å²) in [5, 5.41) is 2.75. The third-order valence-corrected chi connectivity index (χ3v) is 7.22. The monoisotopic (exact) mass is 412 g/mol. The number of ether oxygens (including phenoxy) is 1. The summed E-state index contributed by atoms with van der Waals surface area (Å²) in [4.78, 5) is 0. The molecule has 0 fully saturated rings. The van der Waals surface area contributed by atoms with Crippen molar-refractivity contribution in [3.05, 3.63) is 35.9 Å². The molecular weight excluding hydrogens is 372 g/mol. The predicted molar refractivity (Wildman–Crippen MR) is 118 cm³/mol. The zero-order valence-corrected chi connectivity index (χ0v) is 18.9. The maximum atomic E-state index is 12.7. The van der Waals surface area contributed by atoms with E-state index >= 15 is 0 Å². The van der Waals surface area contributed by atoms with Crippen molar-refractivity contribution in [1.29, 1.82) is 0 Å². The van der Waals surface area contributed by atoms with Gasteiger partial charge in [-0.15, -0.1) is 0 Å². The van der Waals surface area contributed by atoms with Crippen LogP contribution in [0.25, 0.3) is 0 Å². The molecule has 0 amide bonds. The molecule has 0 aliphatic carbocycles. The fourth-order valence-corrected chi connectivity index (χ4v) is 5.05. The van der Waals surface area contributed by atoms with Crippen LogP contribution >= 0.6 is 0 Å². The second kappa shape index (κ2) is 14.1. The molecule has 2 atom stereocenters. The van der Waals surface area contributed by atoms with Crippen LogP contribution in [0.5, 0.6) is 0 Å². The van der Waals surface area contributed by atoms with Crippen molar-refractivity contribution in [3.8, 4) is 0 Å². The highest BCUT2D eigenvalue weighted by Gasteiger charge is 2.28. The molecule has 2 unspecified atom stereocenters. The first-order valence-electron chi connectivity index (χ1n) is 10.7. The number of unbranched alkanes of at least 4 members (excludes halogenated alkanes) is 3. The third-order valence-electron chi connectivity index (χ3n) is 5.03. The summed E-state index contributed by atoms with van der Waals surface area (Å²) in [5.41, 5.74) is 1.14. The van der Waals surface area contributed by atoms with Crippen molar-refractivity contribution < 1.29 is 13.2 Å². The van der Waals surface area contributed by atoms with Crippen molar-refractivity contribution in [1.82, 2.24) is 10.0 Å². The number of sulfonamides is 1. The lowest BCUT2D eigenvalue weighted by Gasteiger charge is -2.23. The molecule has 0 spiro atoms. The highest BCUT2D eigenvalue weighted by atomic mass is 32.2. The van der Waals surface area contributed by atoms with Crippen LogP contribution in [0.3, 0.4) is 0 Å². The fourth-order valence-electron chi connectivity index (χ4n) is 3.24. The molecular formula is C22H40N2O3S. The maximum Gasteiger partial charge on any atom is 0.214 e. The molecule has 5 nitrogen and oxygen atoms in total. The molecule has 6 heteroatoms. The summed E-state index contributed by atoms with van der Waals surface area (Å²) in [6.07, 6.45) is 5.60. The van der Waals surface area contributed by atoms with Gasteiger partial charge in [-0.1, -0.05) is 57.0 Å². The summed E-state index contributed by atoms with van der Waals surface area (Å²) >= 11 is 0. The van der Waals surface area contributed by atoms with E-state index in [-0.39, 0.29) is 17.3 Å². The van der Waals surface area contributed by atoms with Crippen LogP contribution in [0.4, 0.5) is 0 Å². The van der Waals surface area contributed by atoms with Crippen molar-refractivity contribution >= 4 is 10.0 Å². The Morgan fingerprint density at radius 1 is 0.929 bits per heavy atom. The Hall–Kier alpha value is -0.950. The molecule has 1 rings (SSSR count). The van der Waals surface area contributed by atoms with Gasteiger partial charge < -0.3 is 10.1 Å². The maximum absolute atomic E-state index is 12.7. The Bertz CT molecular complexity index is 605. The van der Waals surface area contributed by atoms with E-state index in [4.69, 9.17) is 4.74 Å². The number of hydrogen-bond acceptors (Lipinski definition) is 4. The van der Waals surface area contributed by atoms with Crippen molar-refractivity contribution in [2.75, 3.05) is 20.1 Å². The van der Waals surface area contributed by atoms with Crippen molar-refractivity contribution in [3.63, 3.8) is 0 Å². The number of rotatable bonds is 16. The standard InChI is InChI=1S/C22H40N2O3S/c1-19(2)22(28(25,26)24-17-11-6-5-10-16-23-4)15-14-20(3)27-18-21-12-8-7-9-13-21/h7-9,12-13,19-20,22-24H,5-6,10-11,14-18H2,1-4H3. The van der Waals surface area contributed by atoms with Gasteiger partial charge in [0, 0.05) is 6.54 Å². The Morgan fingerprint density at radius 3 is 2.18 bits per heavy atom. The Balaban J connectivity index is 2.36. The molecule has 28 heavy (non-hydrogen) atoms. The minimum atomic E-state index is -3.30. The van der Waals surface area contributed by atoms with Crippen LogP contribution in [-0.2, 0) is 21.4 Å². The number of benzene rings is 1. The van der Waals surface area contributed by atoms with E-state index in [0.29, 0.717) is 19.6 Å². The quantitative estimate of drug-likeness (QED) is 0.401. The average Bonchev–Trinajstić information content (AvgIpc) is 2.66. The molecule has 162 valence electrons. The molecule has 0 heterocycles. The van der Waals surface area contributed by atoms with Gasteiger partial charge in [0.2, 0.25) is 10.0 Å². The van der Waals surface area contributed by atoms with Gasteiger partial charge >= 0.3 is 0 Å². The van der Waals surface area contributed by atoms with Crippen molar-refractivity contribution in [2.24, 2.45) is 5.92 Å². The van der Waals surface area contributed by atoms with E-state index in [0.717, 1.165) is 44.2 Å². The number of hydrogen-bond donors (Lipinski definition) is 2. The molecule has 0 saturated carbocycles. The zero-order chi connectivity index (χ0) is 20.8. The smallest absolute Gasteiger partial charge is 0.214 e. The topological polar surface area (TPSA) is 67.4 Å². The summed E-state index contributed by atoms with van der Waals surface area (Å²) in [7, 11) is -1.35. The van der Waals surface area contributed by atoms with Gasteiger partial charge in [-0.25, -0.2) is 13.1 Å². The molecule has 1 aromatic carbocycles. The van der Waals surface area contributed by atoms with E-state index in [9.17, 15) is 8.42 Å². The lowest BCUT2D eigenvalue weighted by atomic mass is 10.0. The van der Waals surface area contributed by atoms with E-state index in [1.165, 1.54) is 0 Å². The van der Waals surface area contributed by atoms with Gasteiger partial charge in [-0.2, -0.15) is 0 Å². The average molecular weight is 413 g/mol. The summed E-state index contributed by atoms with van der Waals surface area (Å²) in [6, 6.07) is 10.1. The molecule has 1 aromatic rings. The van der Waals surface area contributed by atoms with Gasteiger partial charge in [0.25, 0.3) is 0 Å². The largest absolute Gasteiger partial charge is 0.374 e. The molecule has 0 aliphatic rings. The Kier molecular flexibility index (Phi) is 12.6. The third kappa shape index (κ3) is 10.6. The van der Waals surface area contributed by atoms with Crippen LogP contribution in [-0.4, -0.2) is 39.9 Å². The fraction of sp³-hybridized carbons (Fsp3) is 0.727. The molecule has 0 radical (unpaired) electrons. The highest BCUT2D eigenvalue weighted by molar-refractivity contribution is 7.90. The SMILES string of the molecule is CNCCCCCCNS(=O)(=O)C(CCC(C)OCc1ccccc1)C(C)C. The highest BCUT2D eigenvalue weighted by Crippen LogP contribution is 2.20. The second-order valence-electron chi connectivity index (χ2n) is 7.92. The van der Waals surface area contributed by atoms with Crippen molar-refractivity contribution in [2.45, 2.75) is 77.3 Å². The Labute approximate surface area is 172 Å². The van der Waals surface area contributed by atoms with E-state index in [2.05, 4.69) is 10.0 Å². The summed E-state index contributed by atoms with van der Waals surface area (Å²) in [6.45, 7) is 8.10. The first-order valence-corrected chi connectivity index (χ1v) is 12.2. The normalized spacial score (nSPS) is 14.3. The van der Waals surface area contributed by atoms with Gasteiger partial charge in [0.1, 0.15) is 0 Å². The minimum Gasteiger partial charge on any atom is -0.374 e. The zero-order valence-electron chi connectivity index (χ0n) is 18.1. The molecule has 0 aromatic heterocycles. The minimum absolute atomic E-state index is 0.0313. The molecule has 2 N–H and O–H groups in total. The van der Waals surface area contributed by atoms with E-state index in [1.54, 1.807) is 0 Å². The first-order chi connectivity index (χ1) is 13.4. The molecule has 0 aliphatic heterocycles. The van der Waals surface area contributed by atoms with Gasteiger partial charge in [0.15, 0.2) is 0 Å². The van der Waals surface area contributed by atoms with E-state index in [1.807, 2.05) is 58.2 Å². The molecule has 0 saturated heterocycles. The van der Waals surface area contributed by atoms with Gasteiger partial charge in [-0.05, 0) is 57.7 Å². The van der Waals surface area contributed by atoms with Crippen LogP contribution in [0.1, 0.15) is 64.9 Å². The summed E-state index contributed by atoms with van der Waals surface area (Å²) in [5.74, 6) is 0.0782. The van der Waals surface area contributed by atoms with Gasteiger partial charge in [-0.3, -0.25) is 0 Å². The number of nitrogens with one attached hydrogen (secondary N) is 2. The Morgan fingerprint density at radius 2 is 1.57 bits per heavy atom. The first kappa shape index (κ1) is 25.1.